The highest BCUT2D eigenvalue weighted by Crippen LogP contribution is 2.23. The molecule has 0 heterocycles. The largest absolute Gasteiger partial charge is 0.494 e. The average molecular weight is 329 g/mol. The van der Waals surface area contributed by atoms with E-state index < -0.39 is 0 Å². The van der Waals surface area contributed by atoms with E-state index in [0.29, 0.717) is 13.0 Å². The van der Waals surface area contributed by atoms with Crippen molar-refractivity contribution in [1.82, 2.24) is 0 Å². The Balaban J connectivity index is 1.61. The van der Waals surface area contributed by atoms with Gasteiger partial charge in [0.2, 0.25) is 0 Å². The topological polar surface area (TPSA) is 70.8 Å². The molecule has 0 atom stereocenters. The van der Waals surface area contributed by atoms with Crippen LogP contribution in [0.3, 0.4) is 0 Å². The fraction of sp³-hybridized carbons (Fsp3) is 0.316. The number of unbranched alkanes of at least 4 members (excludes halogenated alkanes) is 3. The maximum absolute atomic E-state index is 10.8. The summed E-state index contributed by atoms with van der Waals surface area (Å²) in [5.74, 6) is 6.83. The van der Waals surface area contributed by atoms with E-state index in [2.05, 4.69) is 4.84 Å². The summed E-state index contributed by atoms with van der Waals surface area (Å²) in [7, 11) is 0. The van der Waals surface area contributed by atoms with Crippen LogP contribution in [0, 0.1) is 0 Å². The van der Waals surface area contributed by atoms with E-state index in [1.807, 2.05) is 54.6 Å². The van der Waals surface area contributed by atoms with E-state index in [9.17, 15) is 4.79 Å². The van der Waals surface area contributed by atoms with Crippen LogP contribution in [0.2, 0.25) is 0 Å². The van der Waals surface area contributed by atoms with Gasteiger partial charge in [0.15, 0.2) is 0 Å². The molecular formula is C19H23NO4. The summed E-state index contributed by atoms with van der Waals surface area (Å²) in [5, 5.41) is 0. The zero-order valence-electron chi connectivity index (χ0n) is 13.6. The molecule has 128 valence electrons. The minimum absolute atomic E-state index is 0.357. The van der Waals surface area contributed by atoms with E-state index in [0.717, 1.165) is 42.9 Å². The van der Waals surface area contributed by atoms with Gasteiger partial charge < -0.3 is 14.3 Å². The number of para-hydroxylation sites is 1. The molecule has 0 radical (unpaired) electrons. The van der Waals surface area contributed by atoms with Gasteiger partial charge >= 0.3 is 5.97 Å². The smallest absolute Gasteiger partial charge is 0.324 e. The van der Waals surface area contributed by atoms with Gasteiger partial charge in [0.1, 0.15) is 17.2 Å². The summed E-state index contributed by atoms with van der Waals surface area (Å²) in [6.07, 6.45) is 4.08. The van der Waals surface area contributed by atoms with E-state index in [1.165, 1.54) is 0 Å². The summed E-state index contributed by atoms with van der Waals surface area (Å²) in [4.78, 5) is 15.0. The van der Waals surface area contributed by atoms with Crippen molar-refractivity contribution < 1.29 is 19.1 Å². The summed E-state index contributed by atoms with van der Waals surface area (Å²) in [6.45, 7) is 0.653. The van der Waals surface area contributed by atoms with Crippen LogP contribution in [0.25, 0.3) is 0 Å². The Hall–Kier alpha value is -2.53. The van der Waals surface area contributed by atoms with Crippen molar-refractivity contribution in [2.45, 2.75) is 32.1 Å². The van der Waals surface area contributed by atoms with Crippen molar-refractivity contribution >= 4 is 5.97 Å². The molecule has 0 aromatic heterocycles. The van der Waals surface area contributed by atoms with Crippen LogP contribution < -0.4 is 15.4 Å². The Morgan fingerprint density at radius 3 is 2.12 bits per heavy atom. The van der Waals surface area contributed by atoms with E-state index in [-0.39, 0.29) is 5.97 Å². The summed E-state index contributed by atoms with van der Waals surface area (Å²) in [6, 6.07) is 17.2. The fourth-order valence-electron chi connectivity index (χ4n) is 2.20. The molecule has 2 rings (SSSR count). The molecule has 0 fully saturated rings. The summed E-state index contributed by atoms with van der Waals surface area (Å²) < 4.78 is 11.4. The first-order valence-corrected chi connectivity index (χ1v) is 8.13. The summed E-state index contributed by atoms with van der Waals surface area (Å²) >= 11 is 0. The first kappa shape index (κ1) is 17.8. The minimum Gasteiger partial charge on any atom is -0.494 e. The van der Waals surface area contributed by atoms with Crippen LogP contribution in [-0.4, -0.2) is 12.6 Å². The van der Waals surface area contributed by atoms with Gasteiger partial charge in [0.05, 0.1) is 6.61 Å². The molecule has 5 heteroatoms. The predicted octanol–water partition coefficient (Wildman–Crippen LogP) is 4.23. The second-order valence-electron chi connectivity index (χ2n) is 5.39. The molecule has 0 aliphatic carbocycles. The van der Waals surface area contributed by atoms with Crippen LogP contribution in [0.5, 0.6) is 17.2 Å². The van der Waals surface area contributed by atoms with Crippen LogP contribution in [0.15, 0.2) is 54.6 Å². The minimum atomic E-state index is -0.357. The number of carbonyl (C=O) groups is 1. The molecule has 0 saturated carbocycles. The molecule has 0 amide bonds. The maximum Gasteiger partial charge on any atom is 0.324 e. The van der Waals surface area contributed by atoms with Crippen molar-refractivity contribution in [2.75, 3.05) is 6.61 Å². The third-order valence-electron chi connectivity index (χ3n) is 3.48. The molecule has 24 heavy (non-hydrogen) atoms. The highest BCUT2D eigenvalue weighted by atomic mass is 16.7. The third-order valence-corrected chi connectivity index (χ3v) is 3.48. The Labute approximate surface area is 142 Å². The Morgan fingerprint density at radius 1 is 0.792 bits per heavy atom. The number of ether oxygens (including phenoxy) is 2. The normalized spacial score (nSPS) is 10.2. The highest BCUT2D eigenvalue weighted by molar-refractivity contribution is 5.68. The molecule has 2 aromatic rings. The van der Waals surface area contributed by atoms with Crippen molar-refractivity contribution in [3.63, 3.8) is 0 Å². The lowest BCUT2D eigenvalue weighted by atomic mass is 10.1. The van der Waals surface area contributed by atoms with Gasteiger partial charge in [-0.15, -0.1) is 0 Å². The molecule has 0 spiro atoms. The molecule has 0 unspecified atom stereocenters. The molecular weight excluding hydrogens is 306 g/mol. The second-order valence-corrected chi connectivity index (χ2v) is 5.39. The van der Waals surface area contributed by atoms with Gasteiger partial charge in [0, 0.05) is 6.42 Å². The lowest BCUT2D eigenvalue weighted by Gasteiger charge is -2.08. The van der Waals surface area contributed by atoms with Crippen molar-refractivity contribution in [3.8, 4) is 17.2 Å². The number of benzene rings is 2. The average Bonchev–Trinajstić information content (AvgIpc) is 2.63. The lowest BCUT2D eigenvalue weighted by Crippen LogP contribution is -2.09. The van der Waals surface area contributed by atoms with Gasteiger partial charge in [-0.05, 0) is 49.2 Å². The monoisotopic (exact) mass is 329 g/mol. The SMILES string of the molecule is NOC(=O)CCCCCCOc1ccc(Oc2ccccc2)cc1. The molecule has 0 aliphatic rings. The third kappa shape index (κ3) is 6.71. The zero-order chi connectivity index (χ0) is 17.0. The molecule has 5 nitrogen and oxygen atoms in total. The Morgan fingerprint density at radius 2 is 1.42 bits per heavy atom. The second kappa shape index (κ2) is 10.3. The van der Waals surface area contributed by atoms with Crippen molar-refractivity contribution in [2.24, 2.45) is 5.90 Å². The first-order chi connectivity index (χ1) is 11.8. The lowest BCUT2D eigenvalue weighted by molar-refractivity contribution is -0.144. The quantitative estimate of drug-likeness (QED) is 0.522. The highest BCUT2D eigenvalue weighted by Gasteiger charge is 2.01. The van der Waals surface area contributed by atoms with Gasteiger partial charge in [-0.25, -0.2) is 0 Å². The number of nitrogens with two attached hydrogens (primary N) is 1. The van der Waals surface area contributed by atoms with Crippen LogP contribution in [0.1, 0.15) is 32.1 Å². The van der Waals surface area contributed by atoms with E-state index in [4.69, 9.17) is 15.4 Å². The van der Waals surface area contributed by atoms with Crippen molar-refractivity contribution in [3.05, 3.63) is 54.6 Å². The summed E-state index contributed by atoms with van der Waals surface area (Å²) in [5.41, 5.74) is 0. The van der Waals surface area contributed by atoms with Gasteiger partial charge in [0.25, 0.3) is 0 Å². The van der Waals surface area contributed by atoms with Gasteiger partial charge in [-0.1, -0.05) is 31.0 Å². The standard InChI is InChI=1S/C19H23NO4/c20-24-19(21)10-6-1-2-7-15-22-16-11-13-18(14-12-16)23-17-8-4-3-5-9-17/h3-5,8-9,11-14H,1-2,6-7,10,15,20H2. The predicted molar refractivity (Wildman–Crippen MR) is 91.8 cm³/mol. The Kier molecular flexibility index (Phi) is 7.63. The molecule has 0 saturated heterocycles. The number of carbonyl (C=O) groups excluding carboxylic acids is 1. The van der Waals surface area contributed by atoms with Crippen LogP contribution in [-0.2, 0) is 9.63 Å². The molecule has 2 aromatic carbocycles. The molecule has 0 bridgehead atoms. The number of rotatable bonds is 10. The fourth-order valence-corrected chi connectivity index (χ4v) is 2.20. The number of hydrogen-bond donors (Lipinski definition) is 1. The van der Waals surface area contributed by atoms with Gasteiger partial charge in [-0.2, -0.15) is 5.90 Å². The number of hydrogen-bond acceptors (Lipinski definition) is 5. The maximum atomic E-state index is 10.8. The molecule has 2 N–H and O–H groups in total. The Bertz CT molecular complexity index is 599. The van der Waals surface area contributed by atoms with Crippen LogP contribution in [0.4, 0.5) is 0 Å². The van der Waals surface area contributed by atoms with Gasteiger partial charge in [-0.3, -0.25) is 4.79 Å². The van der Waals surface area contributed by atoms with Crippen molar-refractivity contribution in [1.29, 1.82) is 0 Å². The first-order valence-electron chi connectivity index (χ1n) is 8.13. The molecule has 0 aliphatic heterocycles. The van der Waals surface area contributed by atoms with Crippen LogP contribution >= 0.6 is 0 Å². The van der Waals surface area contributed by atoms with E-state index >= 15 is 0 Å². The zero-order valence-corrected chi connectivity index (χ0v) is 13.6. The van der Waals surface area contributed by atoms with E-state index in [1.54, 1.807) is 0 Å².